The van der Waals surface area contributed by atoms with E-state index in [0.29, 0.717) is 6.42 Å². The van der Waals surface area contributed by atoms with Crippen LogP contribution in [0.3, 0.4) is 0 Å². The molecular formula is C22H29N3O2. The van der Waals surface area contributed by atoms with Gasteiger partial charge in [0.25, 0.3) is 0 Å². The standard InChI is InChI=1S/C22H29N3O2/c1-4-7-17-11-13-18(14-12-17)24-22(27)15-23-19-9-6-10-20(16(19)3)25-21(26)8-5-2/h6,9-14,23H,4-5,7-8,15H2,1-3H3,(H,24,27)(H,25,26). The molecule has 0 aliphatic rings. The molecule has 3 N–H and O–H groups in total. The van der Waals surface area contributed by atoms with Gasteiger partial charge in [-0.1, -0.05) is 38.5 Å². The molecule has 0 bridgehead atoms. The van der Waals surface area contributed by atoms with Crippen LogP contribution in [-0.4, -0.2) is 18.4 Å². The van der Waals surface area contributed by atoms with Crippen molar-refractivity contribution in [2.75, 3.05) is 22.5 Å². The highest BCUT2D eigenvalue weighted by Crippen LogP contribution is 2.23. The Bertz CT molecular complexity index is 770. The van der Waals surface area contributed by atoms with Crippen molar-refractivity contribution >= 4 is 28.9 Å². The number of amides is 2. The molecule has 0 aliphatic heterocycles. The molecule has 0 unspecified atom stereocenters. The van der Waals surface area contributed by atoms with Gasteiger partial charge in [-0.05, 0) is 55.2 Å². The maximum absolute atomic E-state index is 12.2. The summed E-state index contributed by atoms with van der Waals surface area (Å²) in [5, 5.41) is 8.96. The predicted octanol–water partition coefficient (Wildman–Crippen LogP) is 4.74. The van der Waals surface area contributed by atoms with Crippen LogP contribution in [0.4, 0.5) is 17.1 Å². The number of rotatable bonds is 9. The molecule has 0 aliphatic carbocycles. The van der Waals surface area contributed by atoms with E-state index in [1.165, 1.54) is 5.56 Å². The van der Waals surface area contributed by atoms with E-state index in [4.69, 9.17) is 0 Å². The number of hydrogen-bond donors (Lipinski definition) is 3. The quantitative estimate of drug-likeness (QED) is 0.600. The molecule has 0 saturated carbocycles. The van der Waals surface area contributed by atoms with Crippen LogP contribution in [0.25, 0.3) is 0 Å². The molecular weight excluding hydrogens is 338 g/mol. The second-order valence-corrected chi connectivity index (χ2v) is 6.62. The van der Waals surface area contributed by atoms with E-state index in [-0.39, 0.29) is 18.4 Å². The molecule has 0 aromatic heterocycles. The molecule has 0 heterocycles. The van der Waals surface area contributed by atoms with Gasteiger partial charge in [-0.3, -0.25) is 9.59 Å². The van der Waals surface area contributed by atoms with Crippen LogP contribution < -0.4 is 16.0 Å². The zero-order chi connectivity index (χ0) is 19.6. The second-order valence-electron chi connectivity index (χ2n) is 6.62. The number of benzene rings is 2. The predicted molar refractivity (Wildman–Crippen MR) is 112 cm³/mol. The zero-order valence-corrected chi connectivity index (χ0v) is 16.4. The summed E-state index contributed by atoms with van der Waals surface area (Å²) in [6.45, 7) is 6.20. The van der Waals surface area contributed by atoms with Gasteiger partial charge >= 0.3 is 0 Å². The number of anilines is 3. The van der Waals surface area contributed by atoms with Crippen molar-refractivity contribution in [3.63, 3.8) is 0 Å². The second kappa shape index (κ2) is 10.4. The van der Waals surface area contributed by atoms with Crippen LogP contribution in [0.15, 0.2) is 42.5 Å². The fraction of sp³-hybridized carbons (Fsp3) is 0.364. The lowest BCUT2D eigenvalue weighted by Gasteiger charge is -2.14. The molecule has 2 aromatic rings. The number of aryl methyl sites for hydroxylation is 1. The Morgan fingerprint density at radius 1 is 0.852 bits per heavy atom. The summed E-state index contributed by atoms with van der Waals surface area (Å²) in [7, 11) is 0. The molecule has 144 valence electrons. The van der Waals surface area contributed by atoms with Crippen LogP contribution >= 0.6 is 0 Å². The SMILES string of the molecule is CCCC(=O)Nc1cccc(NCC(=O)Nc2ccc(CCC)cc2)c1C. The molecule has 27 heavy (non-hydrogen) atoms. The fourth-order valence-electron chi connectivity index (χ4n) is 2.83. The lowest BCUT2D eigenvalue weighted by atomic mass is 10.1. The highest BCUT2D eigenvalue weighted by atomic mass is 16.2. The van der Waals surface area contributed by atoms with Gasteiger partial charge in [-0.2, -0.15) is 0 Å². The molecule has 0 saturated heterocycles. The van der Waals surface area contributed by atoms with Crippen molar-refractivity contribution in [3.8, 4) is 0 Å². The summed E-state index contributed by atoms with van der Waals surface area (Å²) >= 11 is 0. The first-order valence-corrected chi connectivity index (χ1v) is 9.55. The average molecular weight is 367 g/mol. The lowest BCUT2D eigenvalue weighted by molar-refractivity contribution is -0.116. The minimum absolute atomic E-state index is 0.00186. The van der Waals surface area contributed by atoms with Crippen LogP contribution in [0, 0.1) is 6.92 Å². The maximum atomic E-state index is 12.2. The molecule has 2 rings (SSSR count). The van der Waals surface area contributed by atoms with Crippen molar-refractivity contribution in [2.24, 2.45) is 0 Å². The molecule has 2 amide bonds. The van der Waals surface area contributed by atoms with E-state index in [9.17, 15) is 9.59 Å². The molecule has 0 fully saturated rings. The average Bonchev–Trinajstić information content (AvgIpc) is 2.64. The monoisotopic (exact) mass is 367 g/mol. The minimum Gasteiger partial charge on any atom is -0.376 e. The number of hydrogen-bond acceptors (Lipinski definition) is 3. The first-order chi connectivity index (χ1) is 13.0. The minimum atomic E-state index is -0.113. The van der Waals surface area contributed by atoms with E-state index in [2.05, 4.69) is 22.9 Å². The highest BCUT2D eigenvalue weighted by molar-refractivity contribution is 5.95. The van der Waals surface area contributed by atoms with Crippen molar-refractivity contribution < 1.29 is 9.59 Å². The van der Waals surface area contributed by atoms with E-state index in [0.717, 1.165) is 41.9 Å². The van der Waals surface area contributed by atoms with Gasteiger partial charge < -0.3 is 16.0 Å². The third kappa shape index (κ3) is 6.44. The molecule has 5 heteroatoms. The van der Waals surface area contributed by atoms with Gasteiger partial charge in [0.05, 0.1) is 6.54 Å². The Kier molecular flexibility index (Phi) is 7.86. The van der Waals surface area contributed by atoms with Crippen molar-refractivity contribution in [1.82, 2.24) is 0 Å². The first-order valence-electron chi connectivity index (χ1n) is 9.55. The molecule has 0 spiro atoms. The molecule has 0 radical (unpaired) electrons. The molecule has 0 atom stereocenters. The Morgan fingerprint density at radius 3 is 2.22 bits per heavy atom. The van der Waals surface area contributed by atoms with Gasteiger partial charge in [0.15, 0.2) is 0 Å². The van der Waals surface area contributed by atoms with Crippen molar-refractivity contribution in [3.05, 3.63) is 53.6 Å². The summed E-state index contributed by atoms with van der Waals surface area (Å²) < 4.78 is 0. The summed E-state index contributed by atoms with van der Waals surface area (Å²) in [6, 6.07) is 13.6. The summed E-state index contributed by atoms with van der Waals surface area (Å²) in [5.74, 6) is -0.111. The van der Waals surface area contributed by atoms with Crippen molar-refractivity contribution in [1.29, 1.82) is 0 Å². The summed E-state index contributed by atoms with van der Waals surface area (Å²) in [4.78, 5) is 24.0. The zero-order valence-electron chi connectivity index (χ0n) is 16.4. The first kappa shape index (κ1) is 20.5. The number of carbonyl (C=O) groups is 2. The third-order valence-electron chi connectivity index (χ3n) is 4.30. The maximum Gasteiger partial charge on any atom is 0.243 e. The van der Waals surface area contributed by atoms with E-state index in [1.54, 1.807) is 0 Å². The van der Waals surface area contributed by atoms with Crippen LogP contribution in [-0.2, 0) is 16.0 Å². The van der Waals surface area contributed by atoms with E-state index >= 15 is 0 Å². The number of nitrogens with one attached hydrogen (secondary N) is 3. The van der Waals surface area contributed by atoms with Crippen LogP contribution in [0.2, 0.25) is 0 Å². The lowest BCUT2D eigenvalue weighted by Crippen LogP contribution is -2.22. The Hall–Kier alpha value is -2.82. The van der Waals surface area contributed by atoms with E-state index < -0.39 is 0 Å². The smallest absolute Gasteiger partial charge is 0.243 e. The van der Waals surface area contributed by atoms with Gasteiger partial charge in [0, 0.05) is 23.5 Å². The van der Waals surface area contributed by atoms with Gasteiger partial charge in [-0.25, -0.2) is 0 Å². The van der Waals surface area contributed by atoms with Gasteiger partial charge in [0.1, 0.15) is 0 Å². The third-order valence-corrected chi connectivity index (χ3v) is 4.30. The highest BCUT2D eigenvalue weighted by Gasteiger charge is 2.09. The van der Waals surface area contributed by atoms with Gasteiger partial charge in [-0.15, -0.1) is 0 Å². The Balaban J connectivity index is 1.91. The van der Waals surface area contributed by atoms with Crippen molar-refractivity contribution in [2.45, 2.75) is 46.5 Å². The van der Waals surface area contributed by atoms with Crippen LogP contribution in [0.5, 0.6) is 0 Å². The topological polar surface area (TPSA) is 70.2 Å². The Labute approximate surface area is 161 Å². The number of carbonyl (C=O) groups excluding carboxylic acids is 2. The van der Waals surface area contributed by atoms with E-state index in [1.807, 2.05) is 56.3 Å². The van der Waals surface area contributed by atoms with Crippen LogP contribution in [0.1, 0.15) is 44.2 Å². The summed E-state index contributed by atoms with van der Waals surface area (Å²) in [5.41, 5.74) is 4.58. The normalized spacial score (nSPS) is 10.3. The molecule has 5 nitrogen and oxygen atoms in total. The fourth-order valence-corrected chi connectivity index (χ4v) is 2.83. The molecule has 2 aromatic carbocycles. The van der Waals surface area contributed by atoms with Gasteiger partial charge in [0.2, 0.25) is 11.8 Å². The Morgan fingerprint density at radius 2 is 1.56 bits per heavy atom. The largest absolute Gasteiger partial charge is 0.376 e. The summed E-state index contributed by atoms with van der Waals surface area (Å²) in [6.07, 6.45) is 3.45.